The van der Waals surface area contributed by atoms with Gasteiger partial charge in [0.15, 0.2) is 0 Å². The minimum Gasteiger partial charge on any atom is -0.493 e. The van der Waals surface area contributed by atoms with E-state index in [2.05, 4.69) is 0 Å². The summed E-state index contributed by atoms with van der Waals surface area (Å²) in [5, 5.41) is 0. The van der Waals surface area contributed by atoms with Gasteiger partial charge in [0.05, 0.1) is 13.0 Å². The van der Waals surface area contributed by atoms with Crippen molar-refractivity contribution >= 4 is 17.4 Å². The van der Waals surface area contributed by atoms with Gasteiger partial charge in [-0.1, -0.05) is 0 Å². The number of anilines is 1. The van der Waals surface area contributed by atoms with Crippen molar-refractivity contribution in [3.63, 3.8) is 0 Å². The maximum Gasteiger partial charge on any atom is 0.234 e. The van der Waals surface area contributed by atoms with Crippen LogP contribution in [0, 0.1) is 0 Å². The number of aryl methyl sites for hydroxylation is 1. The summed E-state index contributed by atoms with van der Waals surface area (Å²) >= 11 is 0. The number of Topliss-reactive ketones (excluding diaryl/α,β-unsaturated/α-hetero) is 1. The van der Waals surface area contributed by atoms with Crippen LogP contribution in [0.2, 0.25) is 0 Å². The van der Waals surface area contributed by atoms with Crippen molar-refractivity contribution in [3.05, 3.63) is 23.8 Å². The molecule has 0 aromatic heterocycles. The number of rotatable bonds is 1. The number of ether oxygens (including phenoxy) is 1. The van der Waals surface area contributed by atoms with Gasteiger partial charge in [0.25, 0.3) is 0 Å². The molecule has 0 aliphatic carbocycles. The third-order valence-corrected chi connectivity index (χ3v) is 3.47. The van der Waals surface area contributed by atoms with E-state index >= 15 is 0 Å². The second-order valence-electron chi connectivity index (χ2n) is 4.75. The van der Waals surface area contributed by atoms with Crippen LogP contribution < -0.4 is 9.64 Å². The van der Waals surface area contributed by atoms with E-state index in [-0.39, 0.29) is 18.1 Å². The molecule has 18 heavy (non-hydrogen) atoms. The Balaban J connectivity index is 1.88. The third kappa shape index (κ3) is 1.98. The van der Waals surface area contributed by atoms with E-state index in [9.17, 15) is 9.59 Å². The number of carbonyl (C=O) groups excluding carboxylic acids is 2. The molecule has 4 nitrogen and oxygen atoms in total. The number of benzene rings is 1. The first-order valence-corrected chi connectivity index (χ1v) is 6.32. The summed E-state index contributed by atoms with van der Waals surface area (Å²) in [6.07, 6.45) is 2.50. The summed E-state index contributed by atoms with van der Waals surface area (Å²) in [5.74, 6) is 0.867. The Bertz CT molecular complexity index is 510. The lowest BCUT2D eigenvalue weighted by atomic mass is 10.0. The third-order valence-electron chi connectivity index (χ3n) is 3.47. The average Bonchev–Trinajstić information content (AvgIpc) is 2.38. The summed E-state index contributed by atoms with van der Waals surface area (Å²) in [5.41, 5.74) is 2.04. The number of fused-ring (bicyclic) bond motifs is 1. The lowest BCUT2D eigenvalue weighted by molar-refractivity contribution is -0.128. The SMILES string of the molecule is O=C1CCN(c2ccc3c(c2)CCCO3)C(=O)C1. The van der Waals surface area contributed by atoms with Crippen LogP contribution >= 0.6 is 0 Å². The van der Waals surface area contributed by atoms with Crippen molar-refractivity contribution < 1.29 is 14.3 Å². The first-order chi connectivity index (χ1) is 8.74. The molecule has 3 rings (SSSR count). The van der Waals surface area contributed by atoms with Crippen LogP contribution in [0.4, 0.5) is 5.69 Å². The first-order valence-electron chi connectivity index (χ1n) is 6.32. The van der Waals surface area contributed by atoms with E-state index in [1.807, 2.05) is 18.2 Å². The van der Waals surface area contributed by atoms with E-state index in [0.717, 1.165) is 36.4 Å². The predicted octanol–water partition coefficient (Wildman–Crippen LogP) is 1.71. The molecule has 0 N–H and O–H groups in total. The van der Waals surface area contributed by atoms with Crippen LogP contribution in [-0.2, 0) is 16.0 Å². The molecule has 94 valence electrons. The molecule has 1 aromatic carbocycles. The van der Waals surface area contributed by atoms with E-state index in [4.69, 9.17) is 4.74 Å². The Hall–Kier alpha value is -1.84. The number of amides is 1. The fraction of sp³-hybridized carbons (Fsp3) is 0.429. The van der Waals surface area contributed by atoms with E-state index < -0.39 is 0 Å². The maximum absolute atomic E-state index is 11.8. The highest BCUT2D eigenvalue weighted by Crippen LogP contribution is 2.30. The minimum absolute atomic E-state index is 0.0353. The van der Waals surface area contributed by atoms with Crippen molar-refractivity contribution in [1.82, 2.24) is 0 Å². The molecule has 4 heteroatoms. The zero-order chi connectivity index (χ0) is 12.5. The van der Waals surface area contributed by atoms with Gasteiger partial charge in [0.2, 0.25) is 5.91 Å². The molecule has 0 unspecified atom stereocenters. The summed E-state index contributed by atoms with van der Waals surface area (Å²) in [6, 6.07) is 5.84. The van der Waals surface area contributed by atoms with E-state index in [1.54, 1.807) is 4.90 Å². The molecule has 0 bridgehead atoms. The van der Waals surface area contributed by atoms with Crippen LogP contribution in [-0.4, -0.2) is 24.8 Å². The van der Waals surface area contributed by atoms with Crippen LogP contribution in [0.3, 0.4) is 0 Å². The number of carbonyl (C=O) groups is 2. The second kappa shape index (κ2) is 4.44. The van der Waals surface area contributed by atoms with Crippen molar-refractivity contribution in [2.75, 3.05) is 18.1 Å². The van der Waals surface area contributed by atoms with Crippen molar-refractivity contribution in [3.8, 4) is 5.75 Å². The molecule has 1 fully saturated rings. The number of piperidine rings is 1. The standard InChI is InChI=1S/C14H15NO3/c16-12-5-6-15(14(17)9-12)11-3-4-13-10(8-11)2-1-7-18-13/h3-4,8H,1-2,5-7,9H2. The lowest BCUT2D eigenvalue weighted by Crippen LogP contribution is -2.39. The Morgan fingerprint density at radius 3 is 2.89 bits per heavy atom. The molecule has 0 atom stereocenters. The van der Waals surface area contributed by atoms with Gasteiger partial charge in [-0.15, -0.1) is 0 Å². The molecule has 0 radical (unpaired) electrons. The molecule has 2 aliphatic heterocycles. The number of nitrogens with zero attached hydrogens (tertiary/aromatic N) is 1. The molecule has 1 amide bonds. The van der Waals surface area contributed by atoms with Crippen LogP contribution in [0.15, 0.2) is 18.2 Å². The van der Waals surface area contributed by atoms with Gasteiger partial charge < -0.3 is 9.64 Å². The minimum atomic E-state index is -0.0945. The number of ketones is 1. The summed E-state index contributed by atoms with van der Waals surface area (Å²) in [6.45, 7) is 1.26. The highest BCUT2D eigenvalue weighted by molar-refractivity contribution is 6.08. The van der Waals surface area contributed by atoms with Crippen LogP contribution in [0.25, 0.3) is 0 Å². The number of hydrogen-bond acceptors (Lipinski definition) is 3. The molecular formula is C14H15NO3. The topological polar surface area (TPSA) is 46.6 Å². The zero-order valence-electron chi connectivity index (χ0n) is 10.1. The number of hydrogen-bond donors (Lipinski definition) is 0. The Kier molecular flexibility index (Phi) is 2.78. The fourth-order valence-electron chi connectivity index (χ4n) is 2.50. The molecule has 1 aromatic rings. The molecule has 0 spiro atoms. The van der Waals surface area contributed by atoms with Gasteiger partial charge in [-0.05, 0) is 36.6 Å². The molecular weight excluding hydrogens is 230 g/mol. The van der Waals surface area contributed by atoms with Gasteiger partial charge in [-0.2, -0.15) is 0 Å². The van der Waals surface area contributed by atoms with E-state index in [1.165, 1.54) is 0 Å². The monoisotopic (exact) mass is 245 g/mol. The lowest BCUT2D eigenvalue weighted by Gasteiger charge is -2.27. The molecule has 2 heterocycles. The molecule has 0 saturated carbocycles. The highest BCUT2D eigenvalue weighted by Gasteiger charge is 2.25. The van der Waals surface area contributed by atoms with Gasteiger partial charge in [0.1, 0.15) is 11.5 Å². The van der Waals surface area contributed by atoms with Crippen LogP contribution in [0.1, 0.15) is 24.8 Å². The Morgan fingerprint density at radius 1 is 1.17 bits per heavy atom. The highest BCUT2D eigenvalue weighted by atomic mass is 16.5. The molecule has 2 aliphatic rings. The van der Waals surface area contributed by atoms with Crippen molar-refractivity contribution in [2.45, 2.75) is 25.7 Å². The zero-order valence-corrected chi connectivity index (χ0v) is 10.1. The normalized spacial score (nSPS) is 19.4. The molecule has 1 saturated heterocycles. The summed E-state index contributed by atoms with van der Waals surface area (Å²) in [7, 11) is 0. The van der Waals surface area contributed by atoms with Crippen molar-refractivity contribution in [1.29, 1.82) is 0 Å². The average molecular weight is 245 g/mol. The fourth-order valence-corrected chi connectivity index (χ4v) is 2.50. The Labute approximate surface area is 106 Å². The maximum atomic E-state index is 11.8. The smallest absolute Gasteiger partial charge is 0.234 e. The van der Waals surface area contributed by atoms with E-state index in [0.29, 0.717) is 13.0 Å². The van der Waals surface area contributed by atoms with Gasteiger partial charge in [-0.25, -0.2) is 0 Å². The quantitative estimate of drug-likeness (QED) is 0.707. The van der Waals surface area contributed by atoms with Gasteiger partial charge in [-0.3, -0.25) is 9.59 Å². The summed E-state index contributed by atoms with van der Waals surface area (Å²) in [4.78, 5) is 24.8. The van der Waals surface area contributed by atoms with Crippen LogP contribution in [0.5, 0.6) is 5.75 Å². The largest absolute Gasteiger partial charge is 0.493 e. The first kappa shape index (κ1) is 11.3. The van der Waals surface area contributed by atoms with Crippen molar-refractivity contribution in [2.24, 2.45) is 0 Å². The summed E-state index contributed by atoms with van der Waals surface area (Å²) < 4.78 is 5.55. The Morgan fingerprint density at radius 2 is 2.06 bits per heavy atom. The predicted molar refractivity (Wildman–Crippen MR) is 66.9 cm³/mol. The second-order valence-corrected chi connectivity index (χ2v) is 4.75. The van der Waals surface area contributed by atoms with Gasteiger partial charge >= 0.3 is 0 Å². The van der Waals surface area contributed by atoms with Gasteiger partial charge in [0, 0.05) is 18.7 Å².